The van der Waals surface area contributed by atoms with Crippen LogP contribution in [0.2, 0.25) is 0 Å². The molecule has 1 aromatic rings. The molecule has 1 aromatic carbocycles. The summed E-state index contributed by atoms with van der Waals surface area (Å²) in [5.74, 6) is 3.88. The lowest BCUT2D eigenvalue weighted by Gasteiger charge is -2.73. The number of benzene rings is 1. The first-order chi connectivity index (χ1) is 22.0. The molecule has 0 radical (unpaired) electrons. The summed E-state index contributed by atoms with van der Waals surface area (Å²) in [5.41, 5.74) is 2.74. The Morgan fingerprint density at radius 2 is 1.55 bits per heavy atom. The van der Waals surface area contributed by atoms with Gasteiger partial charge in [-0.2, -0.15) is 0 Å². The first-order valence-corrected chi connectivity index (χ1v) is 19.3. The van der Waals surface area contributed by atoms with Crippen LogP contribution in [-0.2, 0) is 4.79 Å². The third-order valence-corrected chi connectivity index (χ3v) is 16.3. The Balaban J connectivity index is 1.27. The van der Waals surface area contributed by atoms with Crippen LogP contribution in [0.5, 0.6) is 0 Å². The van der Waals surface area contributed by atoms with Crippen molar-refractivity contribution >= 4 is 11.9 Å². The lowest BCUT2D eigenvalue weighted by atomic mass is 9.32. The zero-order valence-electron chi connectivity index (χ0n) is 31.3. The summed E-state index contributed by atoms with van der Waals surface area (Å²) in [7, 11) is 4.19. The number of amides is 1. The van der Waals surface area contributed by atoms with Crippen LogP contribution in [0.1, 0.15) is 147 Å². The second kappa shape index (κ2) is 12.2. The molecule has 0 aliphatic heterocycles. The highest BCUT2D eigenvalue weighted by Gasteiger charge is 2.71. The zero-order valence-corrected chi connectivity index (χ0v) is 31.3. The Morgan fingerprint density at radius 3 is 2.19 bits per heavy atom. The van der Waals surface area contributed by atoms with E-state index in [1.54, 1.807) is 0 Å². The van der Waals surface area contributed by atoms with Crippen LogP contribution >= 0.6 is 0 Å². The van der Waals surface area contributed by atoms with Crippen molar-refractivity contribution in [2.75, 3.05) is 20.6 Å². The quantitative estimate of drug-likeness (QED) is 0.295. The van der Waals surface area contributed by atoms with Gasteiger partial charge in [0.15, 0.2) is 0 Å². The van der Waals surface area contributed by atoms with E-state index in [0.717, 1.165) is 31.7 Å². The molecule has 0 spiro atoms. The SMILES string of the molecule is CC(C)C1CC[C@]2(NC(=O)CCCN(C)C)CC[C@]3(C)[C@H](CC[C@@H]4[C@@]5(C)CC[C@@H](c6ccc(C(=O)O)cc6)C(C)(C)[C@@H]5CC[C@]43C)[C@@H]12. The molecule has 10 atom stereocenters. The molecule has 47 heavy (non-hydrogen) atoms. The third kappa shape index (κ3) is 5.42. The molecule has 5 nitrogen and oxygen atoms in total. The molecule has 6 rings (SSSR count). The van der Waals surface area contributed by atoms with Crippen molar-refractivity contribution in [2.45, 2.75) is 137 Å². The number of nitrogens with one attached hydrogen (secondary N) is 1. The van der Waals surface area contributed by atoms with Gasteiger partial charge in [0.05, 0.1) is 5.56 Å². The monoisotopic (exact) mass is 647 g/mol. The number of hydrogen-bond acceptors (Lipinski definition) is 3. The highest BCUT2D eigenvalue weighted by atomic mass is 16.4. The topological polar surface area (TPSA) is 69.6 Å². The van der Waals surface area contributed by atoms with Crippen molar-refractivity contribution in [1.29, 1.82) is 0 Å². The predicted octanol–water partition coefficient (Wildman–Crippen LogP) is 9.42. The van der Waals surface area contributed by atoms with Crippen molar-refractivity contribution in [3.05, 3.63) is 35.4 Å². The van der Waals surface area contributed by atoms with Crippen LogP contribution in [0.25, 0.3) is 0 Å². The molecule has 0 saturated heterocycles. The van der Waals surface area contributed by atoms with Gasteiger partial charge in [-0.3, -0.25) is 4.79 Å². The lowest BCUT2D eigenvalue weighted by Crippen LogP contribution is -2.68. The summed E-state index contributed by atoms with van der Waals surface area (Å²) < 4.78 is 0. The highest BCUT2D eigenvalue weighted by Crippen LogP contribution is 2.77. The number of aromatic carboxylic acids is 1. The Morgan fingerprint density at radius 1 is 0.851 bits per heavy atom. The number of carboxylic acid groups (broad SMARTS) is 1. The normalized spacial score (nSPS) is 42.3. The Kier molecular flexibility index (Phi) is 9.05. The second-order valence-electron chi connectivity index (χ2n) is 19.1. The van der Waals surface area contributed by atoms with Crippen LogP contribution in [0.15, 0.2) is 24.3 Å². The fourth-order valence-corrected chi connectivity index (χ4v) is 14.0. The summed E-state index contributed by atoms with van der Waals surface area (Å²) in [6, 6.07) is 7.81. The van der Waals surface area contributed by atoms with E-state index < -0.39 is 5.97 Å². The van der Waals surface area contributed by atoms with Crippen LogP contribution in [0.4, 0.5) is 0 Å². The van der Waals surface area contributed by atoms with E-state index in [-0.39, 0.29) is 16.9 Å². The van der Waals surface area contributed by atoms with Crippen LogP contribution in [0.3, 0.4) is 0 Å². The average Bonchev–Trinajstić information content (AvgIpc) is 3.36. The van der Waals surface area contributed by atoms with E-state index in [9.17, 15) is 14.7 Å². The molecule has 262 valence electrons. The van der Waals surface area contributed by atoms with Gasteiger partial charge in [0.1, 0.15) is 0 Å². The Labute approximate surface area is 286 Å². The zero-order chi connectivity index (χ0) is 34.2. The van der Waals surface area contributed by atoms with Gasteiger partial charge in [0, 0.05) is 12.0 Å². The standard InChI is InChI=1S/C42H66N2O3/c1-27(2)30-18-23-42(43-35(45)11-10-26-44(8)9)25-24-40(6)32(36(30)42)16-17-34-39(5)21-19-31(28-12-14-29(15-13-28)37(46)47)38(3,4)33(39)20-22-41(34,40)7/h12-15,27,30-34,36H,10-11,16-26H2,1-9H3,(H,43,45)(H,46,47)/t30?,31-,32+,33-,34+,36+,39-,40+,41+,42-/m0/s1. The van der Waals surface area contributed by atoms with Gasteiger partial charge < -0.3 is 15.3 Å². The molecule has 0 heterocycles. The maximum absolute atomic E-state index is 13.5. The summed E-state index contributed by atoms with van der Waals surface area (Å²) in [6.45, 7) is 19.0. The van der Waals surface area contributed by atoms with Crippen molar-refractivity contribution in [2.24, 2.45) is 57.2 Å². The summed E-state index contributed by atoms with van der Waals surface area (Å²) in [6.07, 6.45) is 14.1. The van der Waals surface area contributed by atoms with Gasteiger partial charge in [-0.1, -0.05) is 60.6 Å². The minimum Gasteiger partial charge on any atom is -0.478 e. The van der Waals surface area contributed by atoms with Gasteiger partial charge >= 0.3 is 5.97 Å². The van der Waals surface area contributed by atoms with Gasteiger partial charge in [0.25, 0.3) is 0 Å². The van der Waals surface area contributed by atoms with Crippen molar-refractivity contribution in [3.63, 3.8) is 0 Å². The molecule has 2 N–H and O–H groups in total. The maximum Gasteiger partial charge on any atom is 0.335 e. The number of carbonyl (C=O) groups excluding carboxylic acids is 1. The molecule has 1 amide bonds. The molecular weight excluding hydrogens is 580 g/mol. The van der Waals surface area contributed by atoms with Gasteiger partial charge in [0.2, 0.25) is 5.91 Å². The van der Waals surface area contributed by atoms with Crippen molar-refractivity contribution in [1.82, 2.24) is 10.2 Å². The van der Waals surface area contributed by atoms with Gasteiger partial charge in [-0.05, 0) is 172 Å². The van der Waals surface area contributed by atoms with Gasteiger partial charge in [-0.15, -0.1) is 0 Å². The Hall–Kier alpha value is -1.88. The average molecular weight is 647 g/mol. The maximum atomic E-state index is 13.5. The Bertz CT molecular complexity index is 1340. The van der Waals surface area contributed by atoms with Crippen molar-refractivity contribution in [3.8, 4) is 0 Å². The molecule has 0 aromatic heterocycles. The molecule has 0 bridgehead atoms. The van der Waals surface area contributed by atoms with Crippen molar-refractivity contribution < 1.29 is 14.7 Å². The van der Waals surface area contributed by atoms with Gasteiger partial charge in [-0.25, -0.2) is 4.79 Å². The minimum atomic E-state index is -0.845. The van der Waals surface area contributed by atoms with Crippen LogP contribution < -0.4 is 5.32 Å². The number of carbonyl (C=O) groups is 2. The second-order valence-corrected chi connectivity index (χ2v) is 19.1. The number of carboxylic acids is 1. The molecule has 1 unspecified atom stereocenters. The molecule has 5 heteroatoms. The molecule has 5 fully saturated rings. The van der Waals surface area contributed by atoms with E-state index in [2.05, 4.69) is 84.9 Å². The largest absolute Gasteiger partial charge is 0.478 e. The van der Waals surface area contributed by atoms with E-state index in [1.807, 2.05) is 12.1 Å². The smallest absolute Gasteiger partial charge is 0.335 e. The van der Waals surface area contributed by atoms with Crippen LogP contribution in [0, 0.1) is 57.2 Å². The van der Waals surface area contributed by atoms with E-state index in [0.29, 0.717) is 63.7 Å². The van der Waals surface area contributed by atoms with E-state index in [4.69, 9.17) is 0 Å². The van der Waals surface area contributed by atoms with E-state index >= 15 is 0 Å². The fraction of sp³-hybridized carbons (Fsp3) is 0.810. The third-order valence-electron chi connectivity index (χ3n) is 16.3. The summed E-state index contributed by atoms with van der Waals surface area (Å²) in [5, 5.41) is 13.3. The number of fused-ring (bicyclic) bond motifs is 7. The van der Waals surface area contributed by atoms with Crippen LogP contribution in [-0.4, -0.2) is 48.1 Å². The molecule has 5 aliphatic carbocycles. The molecule has 5 aliphatic rings. The highest BCUT2D eigenvalue weighted by molar-refractivity contribution is 5.87. The number of hydrogen-bond donors (Lipinski definition) is 2. The minimum absolute atomic E-state index is 0.0190. The number of nitrogens with zero attached hydrogens (tertiary/aromatic N) is 1. The lowest BCUT2D eigenvalue weighted by molar-refractivity contribution is -0.235. The molecule has 5 saturated carbocycles. The first-order valence-electron chi connectivity index (χ1n) is 19.3. The number of rotatable bonds is 8. The summed E-state index contributed by atoms with van der Waals surface area (Å²) >= 11 is 0. The predicted molar refractivity (Wildman–Crippen MR) is 191 cm³/mol. The summed E-state index contributed by atoms with van der Waals surface area (Å²) in [4.78, 5) is 27.3. The van der Waals surface area contributed by atoms with E-state index in [1.165, 1.54) is 56.9 Å². The first kappa shape index (κ1) is 35.0. The fourth-order valence-electron chi connectivity index (χ4n) is 14.0. The molecular formula is C42H66N2O3.